The Bertz CT molecular complexity index is 713. The smallest absolute Gasteiger partial charge is 0.248 e. The Morgan fingerprint density at radius 2 is 1.81 bits per heavy atom. The highest BCUT2D eigenvalue weighted by Crippen LogP contribution is 2.37. The molecule has 0 aromatic carbocycles. The van der Waals surface area contributed by atoms with Crippen LogP contribution in [0.15, 0.2) is 30.5 Å². The first-order valence-electron chi connectivity index (χ1n) is 9.14. The molecule has 1 N–H and O–H groups in total. The molecule has 0 bridgehead atoms. The Hall–Kier alpha value is -2.50. The van der Waals surface area contributed by atoms with Gasteiger partial charge in [0.25, 0.3) is 0 Å². The van der Waals surface area contributed by atoms with Crippen molar-refractivity contribution in [3.63, 3.8) is 0 Å². The number of allylic oxidation sites excluding steroid dienone is 2. The van der Waals surface area contributed by atoms with Crippen LogP contribution in [0.1, 0.15) is 38.7 Å². The predicted molar refractivity (Wildman–Crippen MR) is 98.1 cm³/mol. The molecule has 1 aliphatic heterocycles. The van der Waals surface area contributed by atoms with Crippen molar-refractivity contribution >= 4 is 23.5 Å². The van der Waals surface area contributed by atoms with E-state index in [4.69, 9.17) is 0 Å². The van der Waals surface area contributed by atoms with Crippen LogP contribution in [-0.2, 0) is 14.4 Å². The number of fused-ring (bicyclic) bond motifs is 1. The van der Waals surface area contributed by atoms with Crippen molar-refractivity contribution in [2.75, 3.05) is 5.32 Å². The van der Waals surface area contributed by atoms with Gasteiger partial charge in [-0.3, -0.25) is 19.3 Å². The second-order valence-electron chi connectivity index (χ2n) is 7.56. The fraction of sp³-hybridized carbons (Fsp3) is 0.500. The molecule has 3 amide bonds. The number of pyridine rings is 1. The van der Waals surface area contributed by atoms with E-state index in [0.717, 1.165) is 5.56 Å². The average Bonchev–Trinajstić information content (AvgIpc) is 2.86. The van der Waals surface area contributed by atoms with Gasteiger partial charge in [-0.1, -0.05) is 32.1 Å². The number of aromatic nitrogens is 1. The topological polar surface area (TPSA) is 79.4 Å². The van der Waals surface area contributed by atoms with Crippen LogP contribution in [0.2, 0.25) is 0 Å². The Morgan fingerprint density at radius 3 is 2.31 bits per heavy atom. The minimum atomic E-state index is -0.802. The maximum Gasteiger partial charge on any atom is 0.248 e. The molecule has 2 aliphatic rings. The fourth-order valence-corrected chi connectivity index (χ4v) is 3.66. The molecule has 1 saturated heterocycles. The minimum Gasteiger partial charge on any atom is -0.309 e. The monoisotopic (exact) mass is 355 g/mol. The molecule has 6 heteroatoms. The Morgan fingerprint density at radius 1 is 1.19 bits per heavy atom. The fourth-order valence-electron chi connectivity index (χ4n) is 3.66. The lowest BCUT2D eigenvalue weighted by Crippen LogP contribution is -2.48. The lowest BCUT2D eigenvalue weighted by Gasteiger charge is -2.27. The quantitative estimate of drug-likeness (QED) is 0.650. The number of aryl methyl sites for hydroxylation is 1. The zero-order valence-corrected chi connectivity index (χ0v) is 15.4. The summed E-state index contributed by atoms with van der Waals surface area (Å²) in [5.74, 6) is -0.863. The SMILES string of the molecule is Cc1ccc(NC(=O)C(CC(C)C)N2C(=O)C3CC=CCC3C2=O)nc1. The molecule has 1 aliphatic carbocycles. The molecular formula is C20H25N3O3. The summed E-state index contributed by atoms with van der Waals surface area (Å²) < 4.78 is 0. The van der Waals surface area contributed by atoms with E-state index in [1.807, 2.05) is 39.0 Å². The number of imide groups is 1. The van der Waals surface area contributed by atoms with Crippen LogP contribution in [0, 0.1) is 24.7 Å². The zero-order valence-electron chi connectivity index (χ0n) is 15.4. The van der Waals surface area contributed by atoms with Gasteiger partial charge in [-0.15, -0.1) is 0 Å². The summed E-state index contributed by atoms with van der Waals surface area (Å²) >= 11 is 0. The number of anilines is 1. The molecule has 138 valence electrons. The van der Waals surface area contributed by atoms with Crippen LogP contribution in [0.4, 0.5) is 5.82 Å². The van der Waals surface area contributed by atoms with Crippen LogP contribution in [0.3, 0.4) is 0 Å². The van der Waals surface area contributed by atoms with Crippen LogP contribution in [0.5, 0.6) is 0 Å². The van der Waals surface area contributed by atoms with Gasteiger partial charge in [0.05, 0.1) is 11.8 Å². The maximum atomic E-state index is 12.9. The molecule has 0 saturated carbocycles. The summed E-state index contributed by atoms with van der Waals surface area (Å²) in [5.41, 5.74) is 0.989. The molecule has 3 unspecified atom stereocenters. The lowest BCUT2D eigenvalue weighted by atomic mass is 9.85. The molecule has 2 heterocycles. The molecule has 1 fully saturated rings. The summed E-state index contributed by atoms with van der Waals surface area (Å²) in [5, 5.41) is 2.76. The van der Waals surface area contributed by atoms with Crippen molar-refractivity contribution in [3.05, 3.63) is 36.0 Å². The van der Waals surface area contributed by atoms with Crippen molar-refractivity contribution in [1.29, 1.82) is 0 Å². The standard InChI is InChI=1S/C20H25N3O3/c1-12(2)10-16(18(24)22-17-9-8-13(3)11-21-17)23-19(25)14-6-4-5-7-15(14)20(23)26/h4-5,8-9,11-12,14-16H,6-7,10H2,1-3H3,(H,21,22,24). The number of carbonyl (C=O) groups excluding carboxylic acids is 3. The normalized spacial score (nSPS) is 23.3. The third-order valence-electron chi connectivity index (χ3n) is 5.01. The highest BCUT2D eigenvalue weighted by atomic mass is 16.2. The first-order valence-corrected chi connectivity index (χ1v) is 9.14. The summed E-state index contributed by atoms with van der Waals surface area (Å²) in [6.45, 7) is 5.87. The molecular weight excluding hydrogens is 330 g/mol. The molecule has 3 rings (SSSR count). The third kappa shape index (κ3) is 3.54. The third-order valence-corrected chi connectivity index (χ3v) is 5.01. The van der Waals surface area contributed by atoms with Gasteiger partial charge in [0.15, 0.2) is 0 Å². The van der Waals surface area contributed by atoms with E-state index in [0.29, 0.717) is 25.1 Å². The van der Waals surface area contributed by atoms with Gasteiger partial charge in [-0.2, -0.15) is 0 Å². The summed E-state index contributed by atoms with van der Waals surface area (Å²) in [4.78, 5) is 44.0. The van der Waals surface area contributed by atoms with Gasteiger partial charge in [0, 0.05) is 6.20 Å². The largest absolute Gasteiger partial charge is 0.309 e. The van der Waals surface area contributed by atoms with E-state index in [9.17, 15) is 14.4 Å². The predicted octanol–water partition coefficient (Wildman–Crippen LogP) is 2.69. The summed E-state index contributed by atoms with van der Waals surface area (Å²) in [6.07, 6.45) is 7.14. The summed E-state index contributed by atoms with van der Waals surface area (Å²) in [6, 6.07) is 2.77. The Labute approximate surface area is 153 Å². The van der Waals surface area contributed by atoms with Crippen LogP contribution in [0.25, 0.3) is 0 Å². The van der Waals surface area contributed by atoms with Crippen molar-refractivity contribution in [2.24, 2.45) is 17.8 Å². The molecule has 0 spiro atoms. The second-order valence-corrected chi connectivity index (χ2v) is 7.56. The van der Waals surface area contributed by atoms with E-state index in [1.165, 1.54) is 4.90 Å². The van der Waals surface area contributed by atoms with E-state index < -0.39 is 6.04 Å². The number of hydrogen-bond donors (Lipinski definition) is 1. The van der Waals surface area contributed by atoms with Gasteiger partial charge >= 0.3 is 0 Å². The van der Waals surface area contributed by atoms with E-state index in [2.05, 4.69) is 10.3 Å². The number of rotatable bonds is 5. The number of likely N-dealkylation sites (tertiary alicyclic amines) is 1. The van der Waals surface area contributed by atoms with Gasteiger partial charge in [-0.05, 0) is 43.7 Å². The van der Waals surface area contributed by atoms with Crippen molar-refractivity contribution in [3.8, 4) is 0 Å². The number of nitrogens with one attached hydrogen (secondary N) is 1. The number of nitrogens with zero attached hydrogens (tertiary/aromatic N) is 2. The van der Waals surface area contributed by atoms with Crippen molar-refractivity contribution < 1.29 is 14.4 Å². The van der Waals surface area contributed by atoms with Gasteiger partial charge in [0.1, 0.15) is 11.9 Å². The first kappa shape index (κ1) is 18.3. The van der Waals surface area contributed by atoms with Gasteiger partial charge in [0.2, 0.25) is 17.7 Å². The number of carbonyl (C=O) groups is 3. The van der Waals surface area contributed by atoms with Gasteiger partial charge in [-0.25, -0.2) is 4.98 Å². The van der Waals surface area contributed by atoms with Gasteiger partial charge < -0.3 is 5.32 Å². The zero-order chi connectivity index (χ0) is 18.8. The average molecular weight is 355 g/mol. The Balaban J connectivity index is 1.83. The number of amides is 3. The lowest BCUT2D eigenvalue weighted by molar-refractivity contribution is -0.147. The second kappa shape index (κ2) is 7.40. The molecule has 1 aromatic heterocycles. The number of hydrogen-bond acceptors (Lipinski definition) is 4. The molecule has 1 aromatic rings. The van der Waals surface area contributed by atoms with E-state index >= 15 is 0 Å². The van der Waals surface area contributed by atoms with Crippen LogP contribution < -0.4 is 5.32 Å². The highest BCUT2D eigenvalue weighted by molar-refractivity contribution is 6.10. The van der Waals surface area contributed by atoms with E-state index in [-0.39, 0.29) is 35.5 Å². The van der Waals surface area contributed by atoms with E-state index in [1.54, 1.807) is 12.3 Å². The van der Waals surface area contributed by atoms with Crippen LogP contribution in [-0.4, -0.2) is 33.6 Å². The maximum absolute atomic E-state index is 12.9. The highest BCUT2D eigenvalue weighted by Gasteiger charge is 2.51. The molecule has 3 atom stereocenters. The summed E-state index contributed by atoms with van der Waals surface area (Å²) in [7, 11) is 0. The van der Waals surface area contributed by atoms with Crippen LogP contribution >= 0.6 is 0 Å². The molecule has 0 radical (unpaired) electrons. The first-order chi connectivity index (χ1) is 12.4. The van der Waals surface area contributed by atoms with Crippen molar-refractivity contribution in [1.82, 2.24) is 9.88 Å². The minimum absolute atomic E-state index is 0.165. The van der Waals surface area contributed by atoms with Crippen molar-refractivity contribution in [2.45, 2.75) is 46.1 Å². The Kier molecular flexibility index (Phi) is 5.20. The molecule has 26 heavy (non-hydrogen) atoms. The molecule has 6 nitrogen and oxygen atoms in total.